The van der Waals surface area contributed by atoms with Gasteiger partial charge >= 0.3 is 0 Å². The van der Waals surface area contributed by atoms with Crippen molar-refractivity contribution in [3.63, 3.8) is 0 Å². The van der Waals surface area contributed by atoms with Gasteiger partial charge in [-0.15, -0.1) is 0 Å². The summed E-state index contributed by atoms with van der Waals surface area (Å²) in [5, 5.41) is 3.55. The van der Waals surface area contributed by atoms with E-state index in [4.69, 9.17) is 0 Å². The summed E-state index contributed by atoms with van der Waals surface area (Å²) < 4.78 is 0. The van der Waals surface area contributed by atoms with Crippen molar-refractivity contribution < 1.29 is 4.79 Å². The number of benzene rings is 1. The Morgan fingerprint density at radius 3 is 2.60 bits per heavy atom. The smallest absolute Gasteiger partial charge is 0.223 e. The molecule has 2 rings (SSSR count). The molecular formula is C17H26N2O. The molecule has 1 saturated heterocycles. The van der Waals surface area contributed by atoms with Crippen LogP contribution in [0.3, 0.4) is 0 Å². The van der Waals surface area contributed by atoms with Crippen LogP contribution in [0.2, 0.25) is 0 Å². The van der Waals surface area contributed by atoms with Crippen molar-refractivity contribution in [2.24, 2.45) is 5.92 Å². The fourth-order valence-corrected chi connectivity index (χ4v) is 2.78. The van der Waals surface area contributed by atoms with Gasteiger partial charge in [-0.25, -0.2) is 0 Å². The van der Waals surface area contributed by atoms with E-state index >= 15 is 0 Å². The van der Waals surface area contributed by atoms with Gasteiger partial charge < -0.3 is 10.2 Å². The lowest BCUT2D eigenvalue weighted by Gasteiger charge is -2.45. The van der Waals surface area contributed by atoms with E-state index < -0.39 is 0 Å². The monoisotopic (exact) mass is 274 g/mol. The Balaban J connectivity index is 2.22. The minimum atomic E-state index is -0.0160. The maximum absolute atomic E-state index is 12.6. The zero-order valence-corrected chi connectivity index (χ0v) is 13.0. The van der Waals surface area contributed by atoms with E-state index in [9.17, 15) is 4.79 Å². The van der Waals surface area contributed by atoms with E-state index in [-0.39, 0.29) is 17.5 Å². The fraction of sp³-hybridized carbons (Fsp3) is 0.588. The SMILES string of the molecule is CC(C)CC(=O)N1CC(C)(C)NCC1c1ccccc1. The van der Waals surface area contributed by atoms with Crippen molar-refractivity contribution in [3.05, 3.63) is 35.9 Å². The number of rotatable bonds is 3. The van der Waals surface area contributed by atoms with Crippen LogP contribution in [-0.2, 0) is 4.79 Å². The van der Waals surface area contributed by atoms with Crippen LogP contribution in [0.1, 0.15) is 45.7 Å². The van der Waals surface area contributed by atoms with Crippen molar-refractivity contribution in [2.45, 2.75) is 45.7 Å². The van der Waals surface area contributed by atoms with Crippen molar-refractivity contribution >= 4 is 5.91 Å². The molecule has 1 N–H and O–H groups in total. The summed E-state index contributed by atoms with van der Waals surface area (Å²) in [7, 11) is 0. The van der Waals surface area contributed by atoms with Crippen molar-refractivity contribution in [1.29, 1.82) is 0 Å². The van der Waals surface area contributed by atoms with Gasteiger partial charge in [0, 0.05) is 25.0 Å². The highest BCUT2D eigenvalue weighted by molar-refractivity contribution is 5.77. The molecule has 1 aliphatic rings. The van der Waals surface area contributed by atoms with Crippen molar-refractivity contribution in [2.75, 3.05) is 13.1 Å². The number of hydrogen-bond acceptors (Lipinski definition) is 2. The van der Waals surface area contributed by atoms with Crippen molar-refractivity contribution in [3.8, 4) is 0 Å². The quantitative estimate of drug-likeness (QED) is 0.919. The second-order valence-corrected chi connectivity index (χ2v) is 6.81. The molecule has 3 heteroatoms. The first-order chi connectivity index (χ1) is 9.39. The summed E-state index contributed by atoms with van der Waals surface area (Å²) in [6, 6.07) is 10.5. The van der Waals surface area contributed by atoms with Crippen LogP contribution >= 0.6 is 0 Å². The normalized spacial score (nSPS) is 22.1. The van der Waals surface area contributed by atoms with Gasteiger partial charge in [-0.2, -0.15) is 0 Å². The third-order valence-electron chi connectivity index (χ3n) is 3.80. The Labute approximate surface area is 122 Å². The molecule has 1 amide bonds. The van der Waals surface area contributed by atoms with Gasteiger partial charge in [-0.05, 0) is 25.3 Å². The molecule has 0 saturated carbocycles. The third-order valence-corrected chi connectivity index (χ3v) is 3.80. The Kier molecular flexibility index (Phi) is 4.48. The lowest BCUT2D eigenvalue weighted by Crippen LogP contribution is -2.59. The molecule has 3 nitrogen and oxygen atoms in total. The fourth-order valence-electron chi connectivity index (χ4n) is 2.78. The van der Waals surface area contributed by atoms with Crippen LogP contribution in [0, 0.1) is 5.92 Å². The van der Waals surface area contributed by atoms with Gasteiger partial charge in [-0.1, -0.05) is 44.2 Å². The molecule has 1 heterocycles. The second kappa shape index (κ2) is 5.96. The average Bonchev–Trinajstić information content (AvgIpc) is 2.38. The summed E-state index contributed by atoms with van der Waals surface area (Å²) in [4.78, 5) is 14.6. The maximum atomic E-state index is 12.6. The lowest BCUT2D eigenvalue weighted by molar-refractivity contribution is -0.137. The van der Waals surface area contributed by atoms with Crippen LogP contribution in [0.15, 0.2) is 30.3 Å². The molecular weight excluding hydrogens is 248 g/mol. The first kappa shape index (κ1) is 15.0. The predicted molar refractivity (Wildman–Crippen MR) is 82.4 cm³/mol. The molecule has 1 aliphatic heterocycles. The molecule has 1 atom stereocenters. The summed E-state index contributed by atoms with van der Waals surface area (Å²) in [5.74, 6) is 0.667. The van der Waals surface area contributed by atoms with Gasteiger partial charge in [0.1, 0.15) is 0 Å². The van der Waals surface area contributed by atoms with Crippen LogP contribution in [-0.4, -0.2) is 29.4 Å². The minimum Gasteiger partial charge on any atom is -0.333 e. The van der Waals surface area contributed by atoms with Crippen molar-refractivity contribution in [1.82, 2.24) is 10.2 Å². The molecule has 0 spiro atoms. The molecule has 1 fully saturated rings. The van der Waals surface area contributed by atoms with Crippen LogP contribution in [0.25, 0.3) is 0 Å². The van der Waals surface area contributed by atoms with Gasteiger partial charge in [-0.3, -0.25) is 4.79 Å². The first-order valence-electron chi connectivity index (χ1n) is 7.48. The third kappa shape index (κ3) is 3.60. The number of carbonyl (C=O) groups is 1. The molecule has 1 aromatic rings. The second-order valence-electron chi connectivity index (χ2n) is 6.81. The molecule has 0 radical (unpaired) electrons. The van der Waals surface area contributed by atoms with E-state index in [0.29, 0.717) is 12.3 Å². The van der Waals surface area contributed by atoms with E-state index in [2.05, 4.69) is 50.0 Å². The summed E-state index contributed by atoms with van der Waals surface area (Å²) in [6.45, 7) is 10.1. The van der Waals surface area contributed by atoms with E-state index in [1.54, 1.807) is 0 Å². The number of nitrogens with zero attached hydrogens (tertiary/aromatic N) is 1. The van der Waals surface area contributed by atoms with E-state index in [1.807, 2.05) is 18.2 Å². The number of carbonyl (C=O) groups excluding carboxylic acids is 1. The predicted octanol–water partition coefficient (Wildman–Crippen LogP) is 2.98. The van der Waals surface area contributed by atoms with E-state index in [1.165, 1.54) is 5.56 Å². The molecule has 0 bridgehead atoms. The highest BCUT2D eigenvalue weighted by Gasteiger charge is 2.35. The van der Waals surface area contributed by atoms with E-state index in [0.717, 1.165) is 13.1 Å². The number of amides is 1. The molecule has 110 valence electrons. The largest absolute Gasteiger partial charge is 0.333 e. The molecule has 1 unspecified atom stereocenters. The number of piperazine rings is 1. The van der Waals surface area contributed by atoms with Gasteiger partial charge in [0.15, 0.2) is 0 Å². The van der Waals surface area contributed by atoms with Gasteiger partial charge in [0.2, 0.25) is 5.91 Å². The highest BCUT2D eigenvalue weighted by Crippen LogP contribution is 2.28. The standard InChI is InChI=1S/C17H26N2O/c1-13(2)10-16(20)19-12-17(3,4)18-11-15(19)14-8-6-5-7-9-14/h5-9,13,15,18H,10-12H2,1-4H3. The average molecular weight is 274 g/mol. The summed E-state index contributed by atoms with van der Waals surface area (Å²) >= 11 is 0. The lowest BCUT2D eigenvalue weighted by atomic mass is 9.94. The first-order valence-corrected chi connectivity index (χ1v) is 7.48. The maximum Gasteiger partial charge on any atom is 0.223 e. The van der Waals surface area contributed by atoms with Crippen LogP contribution in [0.4, 0.5) is 0 Å². The molecule has 1 aromatic carbocycles. The summed E-state index contributed by atoms with van der Waals surface area (Å²) in [6.07, 6.45) is 0.624. The Morgan fingerprint density at radius 2 is 2.00 bits per heavy atom. The van der Waals surface area contributed by atoms with Gasteiger partial charge in [0.05, 0.1) is 6.04 Å². The van der Waals surface area contributed by atoms with Gasteiger partial charge in [0.25, 0.3) is 0 Å². The number of nitrogens with one attached hydrogen (secondary N) is 1. The Morgan fingerprint density at radius 1 is 1.35 bits per heavy atom. The summed E-state index contributed by atoms with van der Waals surface area (Å²) in [5.41, 5.74) is 1.20. The topological polar surface area (TPSA) is 32.3 Å². The zero-order chi connectivity index (χ0) is 14.8. The Hall–Kier alpha value is -1.35. The molecule has 20 heavy (non-hydrogen) atoms. The zero-order valence-electron chi connectivity index (χ0n) is 13.0. The molecule has 0 aliphatic carbocycles. The van der Waals surface area contributed by atoms with Crippen LogP contribution < -0.4 is 5.32 Å². The minimum absolute atomic E-state index is 0.0160. The highest BCUT2D eigenvalue weighted by atomic mass is 16.2. The number of hydrogen-bond donors (Lipinski definition) is 1. The Bertz CT molecular complexity index is 453. The van der Waals surface area contributed by atoms with Crippen LogP contribution in [0.5, 0.6) is 0 Å². The molecule has 0 aromatic heterocycles.